The lowest BCUT2D eigenvalue weighted by atomic mass is 9.90. The number of amides is 2. The van der Waals surface area contributed by atoms with E-state index in [4.69, 9.17) is 4.74 Å². The zero-order valence-electron chi connectivity index (χ0n) is 14.4. The van der Waals surface area contributed by atoms with E-state index in [0.717, 1.165) is 32.4 Å². The maximum atomic E-state index is 12.5. The summed E-state index contributed by atoms with van der Waals surface area (Å²) in [6, 6.07) is 8.51. The van der Waals surface area contributed by atoms with Gasteiger partial charge < -0.3 is 9.64 Å². The molecule has 2 amide bonds. The minimum Gasteiger partial charge on any atom is -0.448 e. The van der Waals surface area contributed by atoms with Crippen molar-refractivity contribution in [2.45, 2.75) is 32.6 Å². The fourth-order valence-electron chi connectivity index (χ4n) is 3.61. The summed E-state index contributed by atoms with van der Waals surface area (Å²) in [5.74, 6) is 0.599. The average Bonchev–Trinajstić information content (AvgIpc) is 2.99. The number of nitrogens with zero attached hydrogens (tertiary/aromatic N) is 2. The van der Waals surface area contributed by atoms with Crippen LogP contribution in [0.15, 0.2) is 24.3 Å². The molecule has 0 aliphatic carbocycles. The van der Waals surface area contributed by atoms with Crippen molar-refractivity contribution in [3.8, 4) is 0 Å². The molecule has 0 aromatic heterocycles. The van der Waals surface area contributed by atoms with Crippen molar-refractivity contribution in [2.24, 2.45) is 5.92 Å². The number of hydrogen-bond donors (Lipinski definition) is 0. The quantitative estimate of drug-likeness (QED) is 0.834. The Labute approximate surface area is 143 Å². The van der Waals surface area contributed by atoms with Gasteiger partial charge in [0.25, 0.3) is 0 Å². The Morgan fingerprint density at radius 3 is 2.88 bits per heavy atom. The van der Waals surface area contributed by atoms with Crippen LogP contribution in [0, 0.1) is 12.8 Å². The molecule has 130 valence electrons. The predicted octanol–water partition coefficient (Wildman–Crippen LogP) is 2.62. The van der Waals surface area contributed by atoms with Gasteiger partial charge in [0.15, 0.2) is 0 Å². The van der Waals surface area contributed by atoms with Gasteiger partial charge in [0.2, 0.25) is 5.91 Å². The van der Waals surface area contributed by atoms with Crippen molar-refractivity contribution in [2.75, 3.05) is 32.8 Å². The van der Waals surface area contributed by atoms with Gasteiger partial charge in [-0.05, 0) is 49.7 Å². The molecule has 2 saturated heterocycles. The second kappa shape index (κ2) is 7.69. The summed E-state index contributed by atoms with van der Waals surface area (Å²) in [7, 11) is 0. The molecule has 5 nitrogen and oxygen atoms in total. The van der Waals surface area contributed by atoms with Crippen molar-refractivity contribution in [1.82, 2.24) is 9.80 Å². The first-order valence-corrected chi connectivity index (χ1v) is 8.87. The molecule has 3 rings (SSSR count). The lowest BCUT2D eigenvalue weighted by molar-refractivity contribution is -0.133. The molecule has 2 heterocycles. The summed E-state index contributed by atoms with van der Waals surface area (Å²) in [5, 5.41) is 0. The highest BCUT2D eigenvalue weighted by atomic mass is 16.6. The number of aryl methyl sites for hydroxylation is 2. The van der Waals surface area contributed by atoms with Gasteiger partial charge in [-0.2, -0.15) is 0 Å². The fraction of sp³-hybridized carbons (Fsp3) is 0.579. The highest BCUT2D eigenvalue weighted by molar-refractivity contribution is 5.83. The van der Waals surface area contributed by atoms with Gasteiger partial charge in [-0.1, -0.05) is 24.3 Å². The zero-order valence-corrected chi connectivity index (χ0v) is 14.4. The minimum atomic E-state index is -0.364. The Morgan fingerprint density at radius 2 is 2.12 bits per heavy atom. The van der Waals surface area contributed by atoms with Crippen LogP contribution in [-0.4, -0.2) is 54.6 Å². The Bertz CT molecular complexity index is 602. The fourth-order valence-corrected chi connectivity index (χ4v) is 3.61. The smallest absolute Gasteiger partial charge is 0.410 e. The standard InChI is InChI=1S/C19H26N2O3/c1-15-5-2-3-7-17(15)9-8-16-6-4-10-20(13-16)18(22)14-21-11-12-24-19(21)23/h2-3,5,7,16H,4,6,8-14H2,1H3/t16-/m1/s1. The summed E-state index contributed by atoms with van der Waals surface area (Å²) >= 11 is 0. The number of rotatable bonds is 5. The van der Waals surface area contributed by atoms with Gasteiger partial charge in [-0.3, -0.25) is 9.69 Å². The van der Waals surface area contributed by atoms with Gasteiger partial charge in [0.05, 0.1) is 6.54 Å². The molecule has 5 heteroatoms. The van der Waals surface area contributed by atoms with Crippen LogP contribution in [0.5, 0.6) is 0 Å². The summed E-state index contributed by atoms with van der Waals surface area (Å²) in [6.07, 6.45) is 4.05. The van der Waals surface area contributed by atoms with E-state index in [0.29, 0.717) is 19.1 Å². The third-order valence-corrected chi connectivity index (χ3v) is 5.13. The molecule has 1 atom stereocenters. The molecule has 0 N–H and O–H groups in total. The maximum absolute atomic E-state index is 12.5. The van der Waals surface area contributed by atoms with Gasteiger partial charge in [0, 0.05) is 13.1 Å². The monoisotopic (exact) mass is 330 g/mol. The van der Waals surface area contributed by atoms with Crippen molar-refractivity contribution < 1.29 is 14.3 Å². The number of benzene rings is 1. The molecule has 0 spiro atoms. The van der Waals surface area contributed by atoms with E-state index in [1.165, 1.54) is 22.4 Å². The molecule has 0 bridgehead atoms. The molecule has 1 aromatic carbocycles. The molecule has 0 unspecified atom stereocenters. The number of likely N-dealkylation sites (tertiary alicyclic amines) is 1. The van der Waals surface area contributed by atoms with Crippen LogP contribution in [0.4, 0.5) is 4.79 Å². The Hall–Kier alpha value is -2.04. The molecule has 2 fully saturated rings. The van der Waals surface area contributed by atoms with E-state index in [1.54, 1.807) is 0 Å². The summed E-state index contributed by atoms with van der Waals surface area (Å²) in [6.45, 7) is 4.85. The predicted molar refractivity (Wildman–Crippen MR) is 91.7 cm³/mol. The van der Waals surface area contributed by atoms with Gasteiger partial charge >= 0.3 is 6.09 Å². The Morgan fingerprint density at radius 1 is 1.29 bits per heavy atom. The number of ether oxygens (including phenoxy) is 1. The van der Waals surface area contributed by atoms with Crippen molar-refractivity contribution in [3.63, 3.8) is 0 Å². The highest BCUT2D eigenvalue weighted by Gasteiger charge is 2.29. The third-order valence-electron chi connectivity index (χ3n) is 5.13. The van der Waals surface area contributed by atoms with Crippen LogP contribution in [0.2, 0.25) is 0 Å². The lowest BCUT2D eigenvalue weighted by Gasteiger charge is -2.33. The van der Waals surface area contributed by atoms with Gasteiger partial charge in [-0.15, -0.1) is 0 Å². The Kier molecular flexibility index (Phi) is 5.38. The topological polar surface area (TPSA) is 49.9 Å². The molecule has 0 radical (unpaired) electrons. The molecule has 24 heavy (non-hydrogen) atoms. The number of piperidine rings is 1. The number of carbonyl (C=O) groups is 2. The second-order valence-electron chi connectivity index (χ2n) is 6.85. The van der Waals surface area contributed by atoms with Crippen LogP contribution < -0.4 is 0 Å². The van der Waals surface area contributed by atoms with E-state index in [1.807, 2.05) is 4.90 Å². The molecular weight excluding hydrogens is 304 g/mol. The summed E-state index contributed by atoms with van der Waals surface area (Å²) < 4.78 is 4.89. The molecule has 1 aromatic rings. The first-order chi connectivity index (χ1) is 11.6. The van der Waals surface area contributed by atoms with E-state index in [-0.39, 0.29) is 18.5 Å². The van der Waals surface area contributed by atoms with Crippen LogP contribution in [0.1, 0.15) is 30.4 Å². The van der Waals surface area contributed by atoms with E-state index in [2.05, 4.69) is 31.2 Å². The molecule has 0 saturated carbocycles. The van der Waals surface area contributed by atoms with Gasteiger partial charge in [-0.25, -0.2) is 4.79 Å². The van der Waals surface area contributed by atoms with E-state index in [9.17, 15) is 9.59 Å². The molecule has 2 aliphatic rings. The molecular formula is C19H26N2O3. The normalized spacial score (nSPS) is 21.0. The average molecular weight is 330 g/mol. The highest BCUT2D eigenvalue weighted by Crippen LogP contribution is 2.23. The van der Waals surface area contributed by atoms with Gasteiger partial charge in [0.1, 0.15) is 13.2 Å². The number of carbonyl (C=O) groups excluding carboxylic acids is 2. The zero-order chi connectivity index (χ0) is 16.9. The second-order valence-corrected chi connectivity index (χ2v) is 6.85. The van der Waals surface area contributed by atoms with Crippen molar-refractivity contribution >= 4 is 12.0 Å². The van der Waals surface area contributed by atoms with Crippen molar-refractivity contribution in [1.29, 1.82) is 0 Å². The lowest BCUT2D eigenvalue weighted by Crippen LogP contribution is -2.45. The SMILES string of the molecule is Cc1ccccc1CC[C@H]1CCCN(C(=O)CN2CCOC2=O)C1. The van der Waals surface area contributed by atoms with Crippen LogP contribution in [-0.2, 0) is 16.0 Å². The van der Waals surface area contributed by atoms with E-state index >= 15 is 0 Å². The summed E-state index contributed by atoms with van der Waals surface area (Å²) in [5.41, 5.74) is 2.74. The number of cyclic esters (lactones) is 1. The van der Waals surface area contributed by atoms with Crippen molar-refractivity contribution in [3.05, 3.63) is 35.4 Å². The van der Waals surface area contributed by atoms with E-state index < -0.39 is 0 Å². The Balaban J connectivity index is 1.49. The largest absolute Gasteiger partial charge is 0.448 e. The van der Waals surface area contributed by atoms with Crippen LogP contribution >= 0.6 is 0 Å². The number of hydrogen-bond acceptors (Lipinski definition) is 3. The summed E-state index contributed by atoms with van der Waals surface area (Å²) in [4.78, 5) is 27.4. The maximum Gasteiger partial charge on any atom is 0.410 e. The van der Waals surface area contributed by atoms with Crippen LogP contribution in [0.3, 0.4) is 0 Å². The third kappa shape index (κ3) is 4.08. The van der Waals surface area contributed by atoms with Crippen LogP contribution in [0.25, 0.3) is 0 Å². The molecule has 2 aliphatic heterocycles. The minimum absolute atomic E-state index is 0.0504. The first kappa shape index (κ1) is 16.8. The first-order valence-electron chi connectivity index (χ1n) is 8.87.